The number of ether oxygens (including phenoxy) is 1. The van der Waals surface area contributed by atoms with E-state index in [4.69, 9.17) is 16.3 Å². The molecule has 116 valence electrons. The van der Waals surface area contributed by atoms with Gasteiger partial charge in [-0.3, -0.25) is 0 Å². The maximum atomic E-state index is 12.4. The molecule has 0 saturated carbocycles. The van der Waals surface area contributed by atoms with E-state index >= 15 is 0 Å². The molecule has 3 aromatic rings. The number of rotatable bonds is 4. The van der Waals surface area contributed by atoms with Crippen LogP contribution in [0.2, 0.25) is 5.02 Å². The number of halogens is 1. The van der Waals surface area contributed by atoms with Gasteiger partial charge in [-0.15, -0.1) is 0 Å². The van der Waals surface area contributed by atoms with Crippen LogP contribution in [0.1, 0.15) is 17.3 Å². The maximum absolute atomic E-state index is 12.4. The summed E-state index contributed by atoms with van der Waals surface area (Å²) < 4.78 is 7.22. The number of carbonyl (C=O) groups excluding carboxylic acids is 1. The van der Waals surface area contributed by atoms with Crippen LogP contribution in [0.5, 0.6) is 0 Å². The number of thiophene rings is 1. The van der Waals surface area contributed by atoms with Gasteiger partial charge in [0.25, 0.3) is 0 Å². The van der Waals surface area contributed by atoms with Gasteiger partial charge in [0, 0.05) is 0 Å². The molecule has 23 heavy (non-hydrogen) atoms. The molecule has 0 amide bonds. The van der Waals surface area contributed by atoms with Gasteiger partial charge in [0.15, 0.2) is 0 Å². The molecule has 1 aromatic heterocycles. The molecule has 0 unspecified atom stereocenters. The van der Waals surface area contributed by atoms with Gasteiger partial charge in [0.1, 0.15) is 0 Å². The summed E-state index contributed by atoms with van der Waals surface area (Å²) in [5, 5.41) is 5.69. The van der Waals surface area contributed by atoms with Crippen molar-refractivity contribution in [3.63, 3.8) is 0 Å². The molecule has 0 spiro atoms. The Bertz CT molecular complexity index is 878. The van der Waals surface area contributed by atoms with E-state index in [1.165, 1.54) is 11.3 Å². The van der Waals surface area contributed by atoms with E-state index in [1.807, 2.05) is 42.5 Å². The molecule has 6 heteroatoms. The van der Waals surface area contributed by atoms with E-state index in [0.29, 0.717) is 17.2 Å². The van der Waals surface area contributed by atoms with Gasteiger partial charge >= 0.3 is 152 Å². The summed E-state index contributed by atoms with van der Waals surface area (Å²) in [6.45, 7) is 2.15. The molecular formula is C17H13AsClNO2S. The SMILES string of the molecule is CCOC(=O)c1c(Nc2ccc(Cl)cc2[As])sc2ccccc12. The Kier molecular flexibility index (Phi) is 4.95. The molecule has 0 aliphatic heterocycles. The number of hydrogen-bond donors (Lipinski definition) is 1. The Morgan fingerprint density at radius 3 is 2.83 bits per heavy atom. The molecule has 3 rings (SSSR count). The zero-order valence-corrected chi connectivity index (χ0v) is 15.7. The molecule has 2 radical (unpaired) electrons. The first-order chi connectivity index (χ1) is 11.1. The first-order valence-electron chi connectivity index (χ1n) is 7.04. The minimum absolute atomic E-state index is 0.312. The van der Waals surface area contributed by atoms with Crippen LogP contribution in [0.15, 0.2) is 42.5 Å². The number of nitrogens with one attached hydrogen (secondary N) is 1. The van der Waals surface area contributed by atoms with Crippen LogP contribution in [-0.4, -0.2) is 29.4 Å². The zero-order valence-electron chi connectivity index (χ0n) is 12.3. The normalized spacial score (nSPS) is 10.7. The fraction of sp³-hybridized carbons (Fsp3) is 0.118. The number of anilines is 2. The third kappa shape index (κ3) is 3.40. The van der Waals surface area contributed by atoms with Crippen LogP contribution in [0, 0.1) is 0 Å². The van der Waals surface area contributed by atoms with Crippen LogP contribution < -0.4 is 9.67 Å². The van der Waals surface area contributed by atoms with Crippen LogP contribution in [0.4, 0.5) is 10.7 Å². The summed E-state index contributed by atoms with van der Waals surface area (Å²) in [4.78, 5) is 12.4. The van der Waals surface area contributed by atoms with Gasteiger partial charge in [-0.05, 0) is 0 Å². The van der Waals surface area contributed by atoms with Gasteiger partial charge in [-0.25, -0.2) is 0 Å². The van der Waals surface area contributed by atoms with E-state index < -0.39 is 0 Å². The molecule has 0 aliphatic rings. The number of benzene rings is 2. The molecule has 3 nitrogen and oxygen atoms in total. The number of esters is 1. The summed E-state index contributed by atoms with van der Waals surface area (Å²) in [7, 11) is 0. The molecule has 0 aliphatic carbocycles. The summed E-state index contributed by atoms with van der Waals surface area (Å²) in [6.07, 6.45) is 0. The number of hydrogen-bond acceptors (Lipinski definition) is 4. The van der Waals surface area contributed by atoms with E-state index in [-0.39, 0.29) is 5.97 Å². The Hall–Kier alpha value is -1.48. The second kappa shape index (κ2) is 6.96. The van der Waals surface area contributed by atoms with Crippen molar-refractivity contribution in [1.82, 2.24) is 0 Å². The Balaban J connectivity index is 2.09. The second-order valence-corrected chi connectivity index (χ2v) is 7.31. The third-order valence-electron chi connectivity index (χ3n) is 3.28. The van der Waals surface area contributed by atoms with Crippen molar-refractivity contribution in [2.45, 2.75) is 6.92 Å². The topological polar surface area (TPSA) is 38.3 Å². The standard InChI is InChI=1S/C17H13AsClNO2S/c1-2-22-17(21)15-11-5-3-4-6-14(11)23-16(15)20-13-8-7-10(19)9-12(13)18/h3-9,20H,2H2,1H3. The van der Waals surface area contributed by atoms with Crippen molar-refractivity contribution in [3.8, 4) is 0 Å². The van der Waals surface area contributed by atoms with Crippen LogP contribution >= 0.6 is 22.9 Å². The van der Waals surface area contributed by atoms with Crippen molar-refractivity contribution in [1.29, 1.82) is 0 Å². The minimum atomic E-state index is -0.312. The van der Waals surface area contributed by atoms with Crippen LogP contribution in [-0.2, 0) is 4.74 Å². The van der Waals surface area contributed by atoms with E-state index in [1.54, 1.807) is 6.92 Å². The van der Waals surface area contributed by atoms with Gasteiger partial charge in [0.05, 0.1) is 0 Å². The van der Waals surface area contributed by atoms with Gasteiger partial charge in [0.2, 0.25) is 0 Å². The van der Waals surface area contributed by atoms with Gasteiger partial charge in [-0.2, -0.15) is 0 Å². The predicted octanol–water partition coefficient (Wildman–Crippen LogP) is 4.27. The molecule has 0 atom stereocenters. The average molecular weight is 406 g/mol. The summed E-state index contributed by atoms with van der Waals surface area (Å²) in [5.74, 6) is -0.312. The van der Waals surface area contributed by atoms with Crippen LogP contribution in [0.25, 0.3) is 10.1 Å². The molecular weight excluding hydrogens is 393 g/mol. The van der Waals surface area contributed by atoms with Gasteiger partial charge < -0.3 is 0 Å². The molecule has 0 saturated heterocycles. The van der Waals surface area contributed by atoms with Crippen molar-refractivity contribution < 1.29 is 9.53 Å². The average Bonchev–Trinajstić information content (AvgIpc) is 2.88. The van der Waals surface area contributed by atoms with E-state index in [2.05, 4.69) is 22.2 Å². The summed E-state index contributed by atoms with van der Waals surface area (Å²) in [6, 6.07) is 13.4. The van der Waals surface area contributed by atoms with Crippen LogP contribution in [0.3, 0.4) is 0 Å². The fourth-order valence-corrected chi connectivity index (χ4v) is 4.28. The van der Waals surface area contributed by atoms with Gasteiger partial charge in [-0.1, -0.05) is 0 Å². The molecule has 0 bridgehead atoms. The van der Waals surface area contributed by atoms with Crippen molar-refractivity contribution in [2.24, 2.45) is 0 Å². The molecule has 0 fully saturated rings. The zero-order chi connectivity index (χ0) is 16.4. The van der Waals surface area contributed by atoms with E-state index in [9.17, 15) is 4.79 Å². The first-order valence-corrected chi connectivity index (χ1v) is 9.17. The third-order valence-corrected chi connectivity index (χ3v) is 5.38. The summed E-state index contributed by atoms with van der Waals surface area (Å²) >= 11 is 10.0. The fourth-order valence-electron chi connectivity index (χ4n) is 2.27. The van der Waals surface area contributed by atoms with Crippen molar-refractivity contribution in [2.75, 3.05) is 11.9 Å². The summed E-state index contributed by atoms with van der Waals surface area (Å²) in [5.41, 5.74) is 1.47. The molecule has 1 N–H and O–H groups in total. The number of carbonyl (C=O) groups is 1. The quantitative estimate of drug-likeness (QED) is 0.520. The second-order valence-electron chi connectivity index (χ2n) is 4.81. The molecule has 2 aromatic carbocycles. The first kappa shape index (κ1) is 16.4. The van der Waals surface area contributed by atoms with E-state index in [0.717, 1.165) is 25.1 Å². The monoisotopic (exact) mass is 405 g/mol. The van der Waals surface area contributed by atoms with Crippen molar-refractivity contribution >= 4 is 70.9 Å². The Morgan fingerprint density at radius 1 is 1.30 bits per heavy atom. The van der Waals surface area contributed by atoms with Crippen molar-refractivity contribution in [3.05, 3.63) is 53.1 Å². The predicted molar refractivity (Wildman–Crippen MR) is 97.9 cm³/mol. The molecule has 1 heterocycles. The Labute approximate surface area is 152 Å². The number of fused-ring (bicyclic) bond motifs is 1. The Morgan fingerprint density at radius 2 is 2.09 bits per heavy atom.